The summed E-state index contributed by atoms with van der Waals surface area (Å²) in [6, 6.07) is 14.7. The van der Waals surface area contributed by atoms with Gasteiger partial charge in [0.15, 0.2) is 6.54 Å². The number of anilines is 1. The lowest BCUT2D eigenvalue weighted by molar-refractivity contribution is -0.692. The predicted octanol–water partition coefficient (Wildman–Crippen LogP) is 3.44. The molecule has 0 saturated heterocycles. The van der Waals surface area contributed by atoms with Crippen LogP contribution in [-0.2, 0) is 9.59 Å². The van der Waals surface area contributed by atoms with Crippen LogP contribution in [0.15, 0.2) is 42.5 Å². The van der Waals surface area contributed by atoms with Gasteiger partial charge in [-0.05, 0) is 36.5 Å². The average Bonchev–Trinajstić information content (AvgIpc) is 2.69. The van der Waals surface area contributed by atoms with E-state index in [-0.39, 0.29) is 30.9 Å². The summed E-state index contributed by atoms with van der Waals surface area (Å²) < 4.78 is 0. The van der Waals surface area contributed by atoms with E-state index in [1.807, 2.05) is 37.4 Å². The molecule has 5 nitrogen and oxygen atoms in total. The maximum absolute atomic E-state index is 12.3. The molecule has 1 atom stereocenters. The smallest absolute Gasteiger partial charge is 0.275 e. The predicted molar refractivity (Wildman–Crippen MR) is 122 cm³/mol. The lowest BCUT2D eigenvalue weighted by Gasteiger charge is -2.20. The van der Waals surface area contributed by atoms with E-state index in [2.05, 4.69) is 62.6 Å². The van der Waals surface area contributed by atoms with Crippen molar-refractivity contribution in [2.45, 2.75) is 53.5 Å². The zero-order valence-corrected chi connectivity index (χ0v) is 19.1. The zero-order valence-electron chi connectivity index (χ0n) is 19.1. The molecule has 30 heavy (non-hydrogen) atoms. The van der Waals surface area contributed by atoms with Crippen molar-refractivity contribution in [1.82, 2.24) is 5.32 Å². The van der Waals surface area contributed by atoms with Crippen LogP contribution in [0.4, 0.5) is 5.69 Å². The first-order chi connectivity index (χ1) is 14.2. The van der Waals surface area contributed by atoms with E-state index in [1.54, 1.807) is 0 Å². The first kappa shape index (κ1) is 23.6. The normalized spacial score (nSPS) is 12.1. The summed E-state index contributed by atoms with van der Waals surface area (Å²) in [6.07, 6.45) is 0. The van der Waals surface area contributed by atoms with E-state index in [4.69, 9.17) is 0 Å². The van der Waals surface area contributed by atoms with Crippen LogP contribution in [0.1, 0.15) is 61.9 Å². The monoisotopic (exact) mass is 410 g/mol. The summed E-state index contributed by atoms with van der Waals surface area (Å²) >= 11 is 0. The van der Waals surface area contributed by atoms with E-state index in [0.717, 1.165) is 16.8 Å². The van der Waals surface area contributed by atoms with Crippen LogP contribution in [0.5, 0.6) is 0 Å². The Morgan fingerprint density at radius 1 is 0.867 bits per heavy atom. The maximum atomic E-state index is 12.3. The molecule has 0 aliphatic rings. The first-order valence-corrected chi connectivity index (χ1v) is 10.7. The van der Waals surface area contributed by atoms with Crippen molar-refractivity contribution >= 4 is 17.5 Å². The Labute approximate surface area is 180 Å². The van der Waals surface area contributed by atoms with Crippen LogP contribution in [0.2, 0.25) is 0 Å². The van der Waals surface area contributed by atoms with Crippen LogP contribution in [0, 0.1) is 19.8 Å². The molecule has 0 fully saturated rings. The van der Waals surface area contributed by atoms with Gasteiger partial charge in [0.1, 0.15) is 6.04 Å². The second-order valence-electron chi connectivity index (χ2n) is 8.62. The highest BCUT2D eigenvalue weighted by Crippen LogP contribution is 2.21. The van der Waals surface area contributed by atoms with Gasteiger partial charge in [-0.15, -0.1) is 0 Å². The average molecular weight is 411 g/mol. The Balaban J connectivity index is 1.86. The van der Waals surface area contributed by atoms with Crippen molar-refractivity contribution in [2.75, 3.05) is 18.4 Å². The highest BCUT2D eigenvalue weighted by atomic mass is 16.2. The Bertz CT molecular complexity index is 837. The van der Waals surface area contributed by atoms with Gasteiger partial charge in [-0.3, -0.25) is 9.59 Å². The second-order valence-corrected chi connectivity index (χ2v) is 8.62. The molecule has 0 radical (unpaired) electrons. The number of rotatable bonds is 9. The van der Waals surface area contributed by atoms with Gasteiger partial charge in [0.2, 0.25) is 5.91 Å². The summed E-state index contributed by atoms with van der Waals surface area (Å²) in [5.41, 5.74) is 5.36. The minimum atomic E-state index is -0.217. The highest BCUT2D eigenvalue weighted by Gasteiger charge is 2.21. The van der Waals surface area contributed by atoms with Crippen LogP contribution >= 0.6 is 0 Å². The molecule has 2 amide bonds. The van der Waals surface area contributed by atoms with Gasteiger partial charge in [-0.25, -0.2) is 0 Å². The highest BCUT2D eigenvalue weighted by molar-refractivity contribution is 5.95. The Hall–Kier alpha value is -2.66. The van der Waals surface area contributed by atoms with E-state index in [9.17, 15) is 9.59 Å². The third kappa shape index (κ3) is 6.70. The number of nitrogens with one attached hydrogen (secondary N) is 2. The molecule has 2 rings (SSSR count). The SMILES string of the molecule is Cc1cccc(C)c1NC(=O)CNC(=O)C[NH2+][C@@H](c1ccc(C(C)C)cc1)C(C)C. The van der Waals surface area contributed by atoms with Gasteiger partial charge in [-0.1, -0.05) is 70.2 Å². The molecule has 0 aromatic heterocycles. The Morgan fingerprint density at radius 2 is 1.43 bits per heavy atom. The summed E-state index contributed by atoms with van der Waals surface area (Å²) in [7, 11) is 0. The van der Waals surface area contributed by atoms with E-state index in [1.165, 1.54) is 11.1 Å². The molecule has 5 heteroatoms. The fourth-order valence-corrected chi connectivity index (χ4v) is 3.58. The largest absolute Gasteiger partial charge is 0.342 e. The molecule has 0 bridgehead atoms. The van der Waals surface area contributed by atoms with E-state index >= 15 is 0 Å². The fourth-order valence-electron chi connectivity index (χ4n) is 3.58. The molecular formula is C25H36N3O2+. The number of aryl methyl sites for hydroxylation is 2. The third-order valence-corrected chi connectivity index (χ3v) is 5.46. The van der Waals surface area contributed by atoms with Crippen molar-refractivity contribution < 1.29 is 14.9 Å². The molecule has 0 unspecified atom stereocenters. The molecule has 0 aliphatic heterocycles. The van der Waals surface area contributed by atoms with Crippen LogP contribution in [0.25, 0.3) is 0 Å². The lowest BCUT2D eigenvalue weighted by atomic mass is 9.93. The van der Waals surface area contributed by atoms with Gasteiger partial charge < -0.3 is 16.0 Å². The Kier molecular flexibility index (Phi) is 8.60. The number of para-hydroxylation sites is 1. The van der Waals surface area contributed by atoms with Gasteiger partial charge in [0, 0.05) is 17.2 Å². The zero-order chi connectivity index (χ0) is 22.3. The molecule has 2 aromatic carbocycles. The minimum Gasteiger partial charge on any atom is -0.342 e. The molecule has 162 valence electrons. The number of benzene rings is 2. The number of hydrogen-bond acceptors (Lipinski definition) is 2. The number of amides is 2. The Morgan fingerprint density at radius 3 is 1.97 bits per heavy atom. The summed E-state index contributed by atoms with van der Waals surface area (Å²) in [4.78, 5) is 24.6. The molecular weight excluding hydrogens is 374 g/mol. The van der Waals surface area contributed by atoms with Gasteiger partial charge in [0.05, 0.1) is 6.54 Å². The molecule has 0 heterocycles. The molecule has 2 aromatic rings. The summed E-state index contributed by atoms with van der Waals surface area (Å²) in [6.45, 7) is 12.8. The molecule has 0 aliphatic carbocycles. The van der Waals surface area contributed by atoms with Crippen molar-refractivity contribution in [2.24, 2.45) is 5.92 Å². The van der Waals surface area contributed by atoms with Gasteiger partial charge in [0.25, 0.3) is 5.91 Å². The summed E-state index contributed by atoms with van der Waals surface area (Å²) in [5.74, 6) is 0.525. The van der Waals surface area contributed by atoms with Crippen molar-refractivity contribution in [3.8, 4) is 0 Å². The minimum absolute atomic E-state index is 0.0319. The number of hydrogen-bond donors (Lipinski definition) is 3. The maximum Gasteiger partial charge on any atom is 0.275 e. The number of quaternary nitrogens is 1. The van der Waals surface area contributed by atoms with Gasteiger partial charge in [-0.2, -0.15) is 0 Å². The number of carbonyl (C=O) groups is 2. The lowest BCUT2D eigenvalue weighted by Crippen LogP contribution is -2.88. The van der Waals surface area contributed by atoms with Crippen molar-refractivity contribution in [3.05, 3.63) is 64.7 Å². The molecule has 0 spiro atoms. The topological polar surface area (TPSA) is 74.8 Å². The van der Waals surface area contributed by atoms with Crippen molar-refractivity contribution in [1.29, 1.82) is 0 Å². The van der Waals surface area contributed by atoms with Crippen molar-refractivity contribution in [3.63, 3.8) is 0 Å². The number of carbonyl (C=O) groups excluding carboxylic acids is 2. The van der Waals surface area contributed by atoms with Crippen LogP contribution in [0.3, 0.4) is 0 Å². The first-order valence-electron chi connectivity index (χ1n) is 10.7. The van der Waals surface area contributed by atoms with Crippen LogP contribution < -0.4 is 16.0 Å². The number of nitrogens with two attached hydrogens (primary N) is 1. The third-order valence-electron chi connectivity index (χ3n) is 5.46. The van der Waals surface area contributed by atoms with Crippen LogP contribution in [-0.4, -0.2) is 24.9 Å². The molecule has 4 N–H and O–H groups in total. The quantitative estimate of drug-likeness (QED) is 0.592. The molecule has 0 saturated carbocycles. The second kappa shape index (κ2) is 10.9. The fraction of sp³-hybridized carbons (Fsp3) is 0.440. The van der Waals surface area contributed by atoms with E-state index in [0.29, 0.717) is 11.8 Å². The van der Waals surface area contributed by atoms with E-state index < -0.39 is 0 Å². The standard InChI is InChI=1S/C25H35N3O2/c1-16(2)20-10-12-21(13-11-20)24(17(3)4)27-14-22(29)26-15-23(30)28-25-18(5)8-7-9-19(25)6/h7-13,16-17,24,27H,14-15H2,1-6H3,(H,26,29)(H,28,30)/p+1/t24-/m1/s1. The summed E-state index contributed by atoms with van der Waals surface area (Å²) in [5, 5.41) is 7.67. The van der Waals surface area contributed by atoms with Gasteiger partial charge >= 0.3 is 0 Å².